The van der Waals surface area contributed by atoms with Gasteiger partial charge in [0.05, 0.1) is 25.8 Å². The Morgan fingerprint density at radius 2 is 1.73 bits per heavy atom. The summed E-state index contributed by atoms with van der Waals surface area (Å²) in [5.74, 6) is -0.247. The predicted molar refractivity (Wildman–Crippen MR) is 113 cm³/mol. The number of nitrogens with one attached hydrogen (secondary N) is 1. The minimum absolute atomic E-state index is 0.177. The number of hydrogen-bond acceptors (Lipinski definition) is 5. The van der Waals surface area contributed by atoms with Gasteiger partial charge in [0, 0.05) is 24.4 Å². The molecule has 8 nitrogen and oxygen atoms in total. The molecule has 0 saturated carbocycles. The fraction of sp³-hybridized carbons (Fsp3) is 0.286. The molecule has 0 spiro atoms. The first-order valence-electron chi connectivity index (χ1n) is 9.27. The third-order valence-corrected chi connectivity index (χ3v) is 4.94. The van der Waals surface area contributed by atoms with Crippen LogP contribution in [0.4, 0.5) is 16.2 Å². The third-order valence-electron chi connectivity index (χ3n) is 4.69. The third kappa shape index (κ3) is 4.72. The fourth-order valence-electron chi connectivity index (χ4n) is 3.17. The van der Waals surface area contributed by atoms with Gasteiger partial charge >= 0.3 is 6.03 Å². The Morgan fingerprint density at radius 3 is 2.33 bits per heavy atom. The highest BCUT2D eigenvalue weighted by atomic mass is 35.5. The lowest BCUT2D eigenvalue weighted by molar-refractivity contribution is -0.124. The number of methoxy groups -OCH3 is 2. The lowest BCUT2D eigenvalue weighted by atomic mass is 10.1. The molecule has 2 aromatic rings. The van der Waals surface area contributed by atoms with Crippen molar-refractivity contribution >= 4 is 40.8 Å². The van der Waals surface area contributed by atoms with E-state index >= 15 is 0 Å². The smallest absolute Gasteiger partial charge is 0.332 e. The van der Waals surface area contributed by atoms with Crippen LogP contribution in [0, 0.1) is 0 Å². The first-order valence-corrected chi connectivity index (χ1v) is 9.65. The van der Waals surface area contributed by atoms with Gasteiger partial charge in [-0.3, -0.25) is 9.59 Å². The van der Waals surface area contributed by atoms with Crippen molar-refractivity contribution in [1.29, 1.82) is 0 Å². The Bertz CT molecular complexity index is 917. The second-order valence-corrected chi connectivity index (χ2v) is 7.05. The summed E-state index contributed by atoms with van der Waals surface area (Å²) in [5, 5.41) is 3.27. The molecule has 158 valence electrons. The van der Waals surface area contributed by atoms with Gasteiger partial charge in [-0.1, -0.05) is 11.6 Å². The molecule has 0 aromatic heterocycles. The highest BCUT2D eigenvalue weighted by molar-refractivity contribution is 6.30. The molecule has 0 unspecified atom stereocenters. The molecule has 0 radical (unpaired) electrons. The van der Waals surface area contributed by atoms with E-state index in [2.05, 4.69) is 5.32 Å². The number of rotatable bonds is 8. The first-order chi connectivity index (χ1) is 14.4. The van der Waals surface area contributed by atoms with E-state index in [1.54, 1.807) is 48.5 Å². The molecule has 4 amide bonds. The number of imide groups is 1. The van der Waals surface area contributed by atoms with Crippen LogP contribution in [0.1, 0.15) is 6.42 Å². The average molecular weight is 432 g/mol. The Hall–Kier alpha value is -3.10. The molecule has 1 atom stereocenters. The summed E-state index contributed by atoms with van der Waals surface area (Å²) in [6, 6.07) is 11.8. The lowest BCUT2D eigenvalue weighted by Crippen LogP contribution is -2.39. The summed E-state index contributed by atoms with van der Waals surface area (Å²) in [6.07, 6.45) is -0.177. The van der Waals surface area contributed by atoms with Gasteiger partial charge < -0.3 is 19.7 Å². The van der Waals surface area contributed by atoms with Gasteiger partial charge in [0.15, 0.2) is 0 Å². The second kappa shape index (κ2) is 9.60. The van der Waals surface area contributed by atoms with E-state index in [1.165, 1.54) is 19.1 Å². The maximum atomic E-state index is 13.1. The van der Waals surface area contributed by atoms with Crippen molar-refractivity contribution in [2.24, 2.45) is 0 Å². The molecule has 1 heterocycles. The van der Waals surface area contributed by atoms with Crippen molar-refractivity contribution in [3.05, 3.63) is 53.6 Å². The fourth-order valence-corrected chi connectivity index (χ4v) is 3.29. The van der Waals surface area contributed by atoms with Crippen LogP contribution in [0.2, 0.25) is 5.02 Å². The van der Waals surface area contributed by atoms with E-state index < -0.39 is 18.0 Å². The number of carbonyl (C=O) groups is 3. The normalized spacial score (nSPS) is 16.2. The van der Waals surface area contributed by atoms with Crippen LogP contribution in [0.25, 0.3) is 0 Å². The van der Waals surface area contributed by atoms with Crippen LogP contribution >= 0.6 is 11.6 Å². The lowest BCUT2D eigenvalue weighted by Gasteiger charge is -2.21. The van der Waals surface area contributed by atoms with Gasteiger partial charge in [-0.2, -0.15) is 0 Å². The summed E-state index contributed by atoms with van der Waals surface area (Å²) in [7, 11) is 3.04. The van der Waals surface area contributed by atoms with Crippen molar-refractivity contribution < 1.29 is 23.9 Å². The van der Waals surface area contributed by atoms with Crippen LogP contribution in [0.5, 0.6) is 5.75 Å². The molecule has 9 heteroatoms. The number of anilines is 2. The highest BCUT2D eigenvalue weighted by Gasteiger charge is 2.46. The Morgan fingerprint density at radius 1 is 1.07 bits per heavy atom. The van der Waals surface area contributed by atoms with Crippen LogP contribution in [-0.2, 0) is 14.3 Å². The van der Waals surface area contributed by atoms with E-state index in [0.29, 0.717) is 22.1 Å². The Labute approximate surface area is 179 Å². The maximum Gasteiger partial charge on any atom is 0.332 e. The van der Waals surface area contributed by atoms with Gasteiger partial charge in [0.25, 0.3) is 5.91 Å². The summed E-state index contributed by atoms with van der Waals surface area (Å²) >= 11 is 5.86. The maximum absolute atomic E-state index is 13.1. The van der Waals surface area contributed by atoms with Crippen molar-refractivity contribution in [3.8, 4) is 5.75 Å². The zero-order valence-electron chi connectivity index (χ0n) is 16.6. The van der Waals surface area contributed by atoms with Crippen LogP contribution in [0.15, 0.2) is 48.5 Å². The summed E-state index contributed by atoms with van der Waals surface area (Å²) in [4.78, 5) is 41.0. The number of ether oxygens (including phenoxy) is 2. The van der Waals surface area contributed by atoms with Gasteiger partial charge in [-0.25, -0.2) is 9.69 Å². The van der Waals surface area contributed by atoms with Crippen molar-refractivity contribution in [2.75, 3.05) is 37.6 Å². The molecule has 2 aromatic carbocycles. The molecule has 3 rings (SSSR count). The molecule has 0 aliphatic carbocycles. The number of carbonyl (C=O) groups excluding carboxylic acids is 3. The Kier molecular flexibility index (Phi) is 6.91. The molecule has 1 fully saturated rings. The Balaban J connectivity index is 1.79. The van der Waals surface area contributed by atoms with Gasteiger partial charge in [-0.15, -0.1) is 0 Å². The van der Waals surface area contributed by atoms with Crippen LogP contribution < -0.4 is 15.0 Å². The molecular formula is C21H22ClN3O5. The summed E-state index contributed by atoms with van der Waals surface area (Å²) in [6.45, 7) is 0.428. The number of nitrogens with zero attached hydrogens (tertiary/aromatic N) is 2. The topological polar surface area (TPSA) is 88.2 Å². The zero-order chi connectivity index (χ0) is 21.7. The quantitative estimate of drug-likeness (QED) is 0.648. The van der Waals surface area contributed by atoms with E-state index in [0.717, 1.165) is 4.90 Å². The van der Waals surface area contributed by atoms with E-state index in [4.69, 9.17) is 21.1 Å². The number of benzene rings is 2. The van der Waals surface area contributed by atoms with Crippen molar-refractivity contribution in [3.63, 3.8) is 0 Å². The summed E-state index contributed by atoms with van der Waals surface area (Å²) in [5.41, 5.74) is 0.963. The van der Waals surface area contributed by atoms with Crippen LogP contribution in [-0.4, -0.2) is 56.2 Å². The van der Waals surface area contributed by atoms with Gasteiger partial charge in [0.2, 0.25) is 5.91 Å². The molecule has 1 aliphatic rings. The SMILES string of the molecule is COCCN1C(=O)N(c2ccc(OC)cc2)C(=O)[C@@H]1CC(=O)Nc1ccc(Cl)cc1. The molecule has 1 saturated heterocycles. The standard InChI is InChI=1S/C21H22ClN3O5/c1-29-12-11-24-18(13-19(26)23-15-5-3-14(22)4-6-15)20(27)25(21(24)28)16-7-9-17(30-2)10-8-16/h3-10,18H,11-13H2,1-2H3,(H,23,26)/t18-/m0/s1. The van der Waals surface area contributed by atoms with E-state index in [1.807, 2.05) is 0 Å². The highest BCUT2D eigenvalue weighted by Crippen LogP contribution is 2.28. The largest absolute Gasteiger partial charge is 0.497 e. The number of hydrogen-bond donors (Lipinski definition) is 1. The van der Waals surface area contributed by atoms with Gasteiger partial charge in [0.1, 0.15) is 11.8 Å². The number of urea groups is 1. The average Bonchev–Trinajstić information content (AvgIpc) is 2.97. The van der Waals surface area contributed by atoms with Crippen molar-refractivity contribution in [2.45, 2.75) is 12.5 Å². The monoisotopic (exact) mass is 431 g/mol. The summed E-state index contributed by atoms with van der Waals surface area (Å²) < 4.78 is 10.2. The predicted octanol–water partition coefficient (Wildman–Crippen LogP) is 3.16. The molecule has 0 bridgehead atoms. The minimum Gasteiger partial charge on any atom is -0.497 e. The zero-order valence-corrected chi connectivity index (χ0v) is 17.4. The molecule has 30 heavy (non-hydrogen) atoms. The number of halogens is 1. The molecule has 1 aliphatic heterocycles. The van der Waals surface area contributed by atoms with E-state index in [9.17, 15) is 14.4 Å². The second-order valence-electron chi connectivity index (χ2n) is 6.62. The van der Waals surface area contributed by atoms with Crippen molar-refractivity contribution in [1.82, 2.24) is 4.90 Å². The number of amides is 4. The van der Waals surface area contributed by atoms with E-state index in [-0.39, 0.29) is 25.5 Å². The minimum atomic E-state index is -0.929. The molecule has 1 N–H and O–H groups in total. The molecular weight excluding hydrogens is 410 g/mol. The first kappa shape index (κ1) is 21.6. The van der Waals surface area contributed by atoms with Crippen LogP contribution in [0.3, 0.4) is 0 Å². The van der Waals surface area contributed by atoms with Gasteiger partial charge in [-0.05, 0) is 48.5 Å².